The number of piperazine rings is 1. The van der Waals surface area contributed by atoms with Crippen molar-refractivity contribution in [1.82, 2.24) is 9.21 Å². The van der Waals surface area contributed by atoms with Crippen LogP contribution in [0.25, 0.3) is 0 Å². The van der Waals surface area contributed by atoms with Crippen LogP contribution in [0.3, 0.4) is 0 Å². The highest BCUT2D eigenvalue weighted by atomic mass is 35.5. The topological polar surface area (TPSA) is 70.2 Å². The summed E-state index contributed by atoms with van der Waals surface area (Å²) >= 11 is 5.98. The van der Waals surface area contributed by atoms with E-state index in [4.69, 9.17) is 16.3 Å². The highest BCUT2D eigenvalue weighted by molar-refractivity contribution is 7.89. The molecule has 0 aliphatic carbocycles. The third-order valence-electron chi connectivity index (χ3n) is 5.72. The van der Waals surface area contributed by atoms with Gasteiger partial charge < -0.3 is 14.5 Å². The summed E-state index contributed by atoms with van der Waals surface area (Å²) in [6.45, 7) is 6.43. The molecule has 3 rings (SSSR count). The van der Waals surface area contributed by atoms with Crippen molar-refractivity contribution in [2.45, 2.75) is 18.7 Å². The lowest BCUT2D eigenvalue weighted by molar-refractivity contribution is -0.131. The molecule has 2 aromatic carbocycles. The van der Waals surface area contributed by atoms with Crippen LogP contribution in [0.1, 0.15) is 11.1 Å². The average molecular weight is 466 g/mol. The first-order valence-electron chi connectivity index (χ1n) is 10.0. The van der Waals surface area contributed by atoms with Crippen molar-refractivity contribution in [2.75, 3.05) is 51.8 Å². The maximum atomic E-state index is 13.0. The van der Waals surface area contributed by atoms with E-state index in [1.165, 1.54) is 43.1 Å². The van der Waals surface area contributed by atoms with Gasteiger partial charge in [0.2, 0.25) is 15.9 Å². The number of methoxy groups -OCH3 is 1. The molecular formula is C22H28ClN3O4S. The first-order valence-corrected chi connectivity index (χ1v) is 11.9. The summed E-state index contributed by atoms with van der Waals surface area (Å²) in [6.07, 6.45) is 0. The van der Waals surface area contributed by atoms with Gasteiger partial charge in [0.25, 0.3) is 0 Å². The van der Waals surface area contributed by atoms with Gasteiger partial charge in [0.1, 0.15) is 10.6 Å². The van der Waals surface area contributed by atoms with Crippen molar-refractivity contribution in [3.63, 3.8) is 0 Å². The normalized spacial score (nSPS) is 14.8. The Hall–Kier alpha value is -2.29. The zero-order chi connectivity index (χ0) is 22.8. The van der Waals surface area contributed by atoms with E-state index >= 15 is 0 Å². The smallest absolute Gasteiger partial charge is 0.247 e. The highest BCUT2D eigenvalue weighted by Crippen LogP contribution is 2.29. The van der Waals surface area contributed by atoms with Crippen LogP contribution >= 0.6 is 11.6 Å². The number of aryl methyl sites for hydroxylation is 1. The molecule has 1 aliphatic rings. The zero-order valence-electron chi connectivity index (χ0n) is 18.3. The number of nitrogens with zero attached hydrogens (tertiary/aromatic N) is 3. The lowest BCUT2D eigenvalue weighted by Gasteiger charge is -2.37. The van der Waals surface area contributed by atoms with Crippen molar-refractivity contribution < 1.29 is 17.9 Å². The van der Waals surface area contributed by atoms with Crippen LogP contribution < -0.4 is 9.64 Å². The van der Waals surface area contributed by atoms with Crippen LogP contribution in [0.15, 0.2) is 41.3 Å². The zero-order valence-corrected chi connectivity index (χ0v) is 19.8. The summed E-state index contributed by atoms with van der Waals surface area (Å²) in [7, 11) is -1.16. The number of halogens is 1. The summed E-state index contributed by atoms with van der Waals surface area (Å²) in [5.41, 5.74) is 3.66. The number of amides is 1. The predicted molar refractivity (Wildman–Crippen MR) is 123 cm³/mol. The Morgan fingerprint density at radius 1 is 1.13 bits per heavy atom. The van der Waals surface area contributed by atoms with Crippen LogP contribution in [-0.4, -0.2) is 70.4 Å². The molecule has 1 fully saturated rings. The maximum absolute atomic E-state index is 13.0. The van der Waals surface area contributed by atoms with Crippen LogP contribution in [0.5, 0.6) is 5.75 Å². The van der Waals surface area contributed by atoms with Crippen molar-refractivity contribution in [3.05, 3.63) is 52.5 Å². The van der Waals surface area contributed by atoms with Gasteiger partial charge in [-0.3, -0.25) is 4.79 Å². The fourth-order valence-electron chi connectivity index (χ4n) is 3.67. The molecule has 0 N–H and O–H groups in total. The molecule has 1 heterocycles. The molecule has 9 heteroatoms. The van der Waals surface area contributed by atoms with Crippen LogP contribution in [0, 0.1) is 13.8 Å². The van der Waals surface area contributed by atoms with Gasteiger partial charge in [-0.05, 0) is 49.2 Å². The fourth-order valence-corrected chi connectivity index (χ4v) is 5.20. The van der Waals surface area contributed by atoms with Gasteiger partial charge in [0, 0.05) is 43.9 Å². The van der Waals surface area contributed by atoms with E-state index in [0.717, 1.165) is 4.31 Å². The molecule has 1 aliphatic heterocycles. The number of hydrogen-bond acceptors (Lipinski definition) is 5. The van der Waals surface area contributed by atoms with E-state index in [1.54, 1.807) is 11.0 Å². The van der Waals surface area contributed by atoms with E-state index in [0.29, 0.717) is 26.2 Å². The number of sulfonamides is 1. The first kappa shape index (κ1) is 23.4. The molecule has 0 aromatic heterocycles. The van der Waals surface area contributed by atoms with Gasteiger partial charge in [0.05, 0.1) is 13.7 Å². The third kappa shape index (κ3) is 4.97. The first-order chi connectivity index (χ1) is 14.6. The maximum Gasteiger partial charge on any atom is 0.247 e. The number of hydrogen-bond donors (Lipinski definition) is 0. The number of benzene rings is 2. The highest BCUT2D eigenvalue weighted by Gasteiger charge is 2.29. The molecular weight excluding hydrogens is 438 g/mol. The van der Waals surface area contributed by atoms with Crippen LogP contribution in [-0.2, 0) is 14.8 Å². The van der Waals surface area contributed by atoms with Crippen molar-refractivity contribution in [3.8, 4) is 5.75 Å². The number of anilines is 1. The van der Waals surface area contributed by atoms with Gasteiger partial charge in [-0.15, -0.1) is 0 Å². The average Bonchev–Trinajstić information content (AvgIpc) is 2.75. The molecule has 0 saturated carbocycles. The minimum absolute atomic E-state index is 0.0578. The minimum atomic E-state index is -3.94. The second-order valence-corrected chi connectivity index (χ2v) is 10.1. The Bertz CT molecular complexity index is 1070. The SMILES string of the molecule is COc1ccc(Cl)cc1S(=O)(=O)N(C)CC(=O)N1CCN(c2cccc(C)c2C)CC1. The van der Waals surface area contributed by atoms with Crippen molar-refractivity contribution in [2.24, 2.45) is 0 Å². The minimum Gasteiger partial charge on any atom is -0.495 e. The Balaban J connectivity index is 1.66. The summed E-state index contributed by atoms with van der Waals surface area (Å²) < 4.78 is 32.2. The lowest BCUT2D eigenvalue weighted by atomic mass is 10.1. The van der Waals surface area contributed by atoms with Gasteiger partial charge >= 0.3 is 0 Å². The fraction of sp³-hybridized carbons (Fsp3) is 0.409. The van der Waals surface area contributed by atoms with Crippen molar-refractivity contribution >= 4 is 33.2 Å². The Labute approximate surface area is 189 Å². The monoisotopic (exact) mass is 465 g/mol. The summed E-state index contributed by atoms with van der Waals surface area (Å²) in [6, 6.07) is 10.6. The number of ether oxygens (including phenoxy) is 1. The molecule has 31 heavy (non-hydrogen) atoms. The number of carbonyl (C=O) groups excluding carboxylic acids is 1. The van der Waals surface area contributed by atoms with Crippen LogP contribution in [0.2, 0.25) is 5.02 Å². The molecule has 7 nitrogen and oxygen atoms in total. The van der Waals surface area contributed by atoms with Gasteiger partial charge in [-0.2, -0.15) is 4.31 Å². The van der Waals surface area contributed by atoms with E-state index in [2.05, 4.69) is 30.9 Å². The molecule has 0 radical (unpaired) electrons. The molecule has 0 spiro atoms. The Kier molecular flexibility index (Phi) is 7.13. The van der Waals surface area contributed by atoms with Crippen LogP contribution in [0.4, 0.5) is 5.69 Å². The molecule has 0 unspecified atom stereocenters. The van der Waals surface area contributed by atoms with E-state index in [9.17, 15) is 13.2 Å². The molecule has 0 bridgehead atoms. The molecule has 1 amide bonds. The number of likely N-dealkylation sites (N-methyl/N-ethyl adjacent to an activating group) is 1. The van der Waals surface area contributed by atoms with E-state index in [-0.39, 0.29) is 28.1 Å². The summed E-state index contributed by atoms with van der Waals surface area (Å²) in [4.78, 5) is 16.7. The third-order valence-corrected chi connectivity index (χ3v) is 7.78. The van der Waals surface area contributed by atoms with E-state index < -0.39 is 10.0 Å². The van der Waals surface area contributed by atoms with Gasteiger partial charge in [0.15, 0.2) is 0 Å². The molecule has 1 saturated heterocycles. The second kappa shape index (κ2) is 9.46. The second-order valence-electron chi connectivity index (χ2n) is 7.64. The molecule has 0 atom stereocenters. The molecule has 168 valence electrons. The lowest BCUT2D eigenvalue weighted by Crippen LogP contribution is -2.51. The Morgan fingerprint density at radius 3 is 2.45 bits per heavy atom. The van der Waals surface area contributed by atoms with Crippen molar-refractivity contribution in [1.29, 1.82) is 0 Å². The number of rotatable bonds is 6. The standard InChI is InChI=1S/C22H28ClN3O4S/c1-16-6-5-7-19(17(16)2)25-10-12-26(13-11-25)22(27)15-24(3)31(28,29)21-14-18(23)8-9-20(21)30-4/h5-9,14H,10-13,15H2,1-4H3. The summed E-state index contributed by atoms with van der Waals surface area (Å²) in [5, 5.41) is 0.279. The largest absolute Gasteiger partial charge is 0.495 e. The van der Waals surface area contributed by atoms with E-state index in [1.807, 2.05) is 6.07 Å². The quantitative estimate of drug-likeness (QED) is 0.656. The molecule has 2 aromatic rings. The predicted octanol–water partition coefficient (Wildman–Crippen LogP) is 2.93. The van der Waals surface area contributed by atoms with Gasteiger partial charge in [-0.1, -0.05) is 23.7 Å². The van der Waals surface area contributed by atoms with Gasteiger partial charge in [-0.25, -0.2) is 8.42 Å². The Morgan fingerprint density at radius 2 is 1.81 bits per heavy atom. The summed E-state index contributed by atoms with van der Waals surface area (Å²) in [5.74, 6) is -0.0430. The number of carbonyl (C=O) groups is 1.